The molecule has 0 aromatic heterocycles. The number of nitrogens with one attached hydrogen (secondary N) is 1. The summed E-state index contributed by atoms with van der Waals surface area (Å²) in [5.74, 6) is -1.88. The molecular weight excluding hydrogens is 272 g/mol. The predicted molar refractivity (Wildman–Crippen MR) is 77.7 cm³/mol. The summed E-state index contributed by atoms with van der Waals surface area (Å²) >= 11 is 0. The van der Waals surface area contributed by atoms with E-state index in [9.17, 15) is 14.4 Å². The van der Waals surface area contributed by atoms with Crippen molar-refractivity contribution in [1.82, 2.24) is 10.2 Å². The van der Waals surface area contributed by atoms with E-state index >= 15 is 0 Å². The summed E-state index contributed by atoms with van der Waals surface area (Å²) in [6, 6.07) is 6.86. The minimum Gasteiger partial charge on any atom is -0.481 e. The first kappa shape index (κ1) is 16.7. The largest absolute Gasteiger partial charge is 0.481 e. The quantitative estimate of drug-likeness (QED) is 0.822. The molecule has 0 aliphatic heterocycles. The van der Waals surface area contributed by atoms with Crippen LogP contribution in [0.15, 0.2) is 24.3 Å². The van der Waals surface area contributed by atoms with E-state index < -0.39 is 11.9 Å². The van der Waals surface area contributed by atoms with Crippen molar-refractivity contribution in [2.75, 3.05) is 13.6 Å². The Morgan fingerprint density at radius 3 is 2.29 bits per heavy atom. The molecule has 0 heterocycles. The first-order valence-electron chi connectivity index (χ1n) is 6.63. The van der Waals surface area contributed by atoms with E-state index in [1.807, 2.05) is 0 Å². The van der Waals surface area contributed by atoms with E-state index in [0.717, 1.165) is 5.56 Å². The molecule has 21 heavy (non-hydrogen) atoms. The molecule has 0 saturated carbocycles. The van der Waals surface area contributed by atoms with Crippen molar-refractivity contribution in [2.24, 2.45) is 5.92 Å². The van der Waals surface area contributed by atoms with Gasteiger partial charge in [0.15, 0.2) is 0 Å². The van der Waals surface area contributed by atoms with Gasteiger partial charge < -0.3 is 15.3 Å². The van der Waals surface area contributed by atoms with Crippen LogP contribution in [0.1, 0.15) is 29.8 Å². The number of nitrogens with zero attached hydrogens (tertiary/aromatic N) is 1. The highest BCUT2D eigenvalue weighted by molar-refractivity contribution is 5.94. The smallest absolute Gasteiger partial charge is 0.308 e. The van der Waals surface area contributed by atoms with E-state index in [1.165, 1.54) is 11.8 Å². The van der Waals surface area contributed by atoms with E-state index in [1.54, 1.807) is 38.2 Å². The lowest BCUT2D eigenvalue weighted by Gasteiger charge is -2.19. The topological polar surface area (TPSA) is 86.7 Å². The summed E-state index contributed by atoms with van der Waals surface area (Å²) in [6.07, 6.45) is 0. The van der Waals surface area contributed by atoms with Crippen LogP contribution < -0.4 is 5.32 Å². The average molecular weight is 292 g/mol. The van der Waals surface area contributed by atoms with Crippen LogP contribution in [0.4, 0.5) is 0 Å². The second-order valence-corrected chi connectivity index (χ2v) is 5.03. The van der Waals surface area contributed by atoms with Crippen LogP contribution in [0.3, 0.4) is 0 Å². The number of carboxylic acid groups (broad SMARTS) is 1. The van der Waals surface area contributed by atoms with Crippen LogP contribution in [-0.4, -0.2) is 41.4 Å². The zero-order valence-corrected chi connectivity index (χ0v) is 12.4. The number of benzene rings is 1. The maximum Gasteiger partial charge on any atom is 0.308 e. The molecule has 0 fully saturated rings. The fourth-order valence-electron chi connectivity index (χ4n) is 1.78. The van der Waals surface area contributed by atoms with Gasteiger partial charge >= 0.3 is 5.97 Å². The number of amides is 2. The molecule has 0 saturated heterocycles. The second-order valence-electron chi connectivity index (χ2n) is 5.03. The second kappa shape index (κ2) is 7.42. The number of carboxylic acids is 1. The Bertz CT molecular complexity index is 525. The minimum absolute atomic E-state index is 0.113. The third-order valence-electron chi connectivity index (χ3n) is 3.06. The highest BCUT2D eigenvalue weighted by atomic mass is 16.4. The van der Waals surface area contributed by atoms with Gasteiger partial charge in [0.2, 0.25) is 5.91 Å². The third-order valence-corrected chi connectivity index (χ3v) is 3.06. The molecule has 114 valence electrons. The zero-order valence-electron chi connectivity index (χ0n) is 12.4. The van der Waals surface area contributed by atoms with Crippen LogP contribution in [0.2, 0.25) is 0 Å². The fourth-order valence-corrected chi connectivity index (χ4v) is 1.78. The molecule has 6 heteroatoms. The lowest BCUT2D eigenvalue weighted by Crippen LogP contribution is -2.33. The first-order valence-corrected chi connectivity index (χ1v) is 6.63. The summed E-state index contributed by atoms with van der Waals surface area (Å²) in [5, 5.41) is 11.5. The molecule has 0 aliphatic carbocycles. The number of aliphatic carboxylic acids is 1. The number of rotatable bonds is 6. The lowest BCUT2D eigenvalue weighted by molar-refractivity contribution is -0.141. The molecule has 1 aromatic carbocycles. The average Bonchev–Trinajstić information content (AvgIpc) is 2.44. The van der Waals surface area contributed by atoms with Gasteiger partial charge in [-0.2, -0.15) is 0 Å². The molecule has 2 N–H and O–H groups in total. The van der Waals surface area contributed by atoms with Crippen molar-refractivity contribution in [3.05, 3.63) is 35.4 Å². The van der Waals surface area contributed by atoms with Crippen molar-refractivity contribution in [2.45, 2.75) is 20.4 Å². The van der Waals surface area contributed by atoms with Crippen molar-refractivity contribution < 1.29 is 19.5 Å². The summed E-state index contributed by atoms with van der Waals surface area (Å²) in [6.45, 7) is 3.57. The van der Waals surface area contributed by atoms with Crippen molar-refractivity contribution in [1.29, 1.82) is 0 Å². The molecule has 0 aliphatic rings. The number of hydrogen-bond acceptors (Lipinski definition) is 3. The molecular formula is C15H20N2O4. The summed E-state index contributed by atoms with van der Waals surface area (Å²) in [7, 11) is 1.58. The van der Waals surface area contributed by atoms with Gasteiger partial charge in [-0.15, -0.1) is 0 Å². The SMILES string of the molecule is CC(=O)NCc1ccc(C(=O)N(C)CC(C)C(=O)O)cc1. The van der Waals surface area contributed by atoms with Crippen molar-refractivity contribution >= 4 is 17.8 Å². The Labute approximate surface area is 123 Å². The molecule has 1 rings (SSSR count). The highest BCUT2D eigenvalue weighted by Crippen LogP contribution is 2.09. The first-order chi connectivity index (χ1) is 9.81. The number of carbonyl (C=O) groups excluding carboxylic acids is 2. The standard InChI is InChI=1S/C15H20N2O4/c1-10(15(20)21)9-17(3)14(19)13-6-4-12(5-7-13)8-16-11(2)18/h4-7,10H,8-9H2,1-3H3,(H,16,18)(H,20,21). The van der Waals surface area contributed by atoms with Gasteiger partial charge in [-0.1, -0.05) is 19.1 Å². The van der Waals surface area contributed by atoms with E-state index in [0.29, 0.717) is 12.1 Å². The molecule has 1 unspecified atom stereocenters. The lowest BCUT2D eigenvalue weighted by atomic mass is 10.1. The predicted octanol–water partition coefficient (Wildman–Crippen LogP) is 1.12. The molecule has 2 amide bonds. The van der Waals surface area contributed by atoms with Crippen LogP contribution in [0, 0.1) is 5.92 Å². The maximum atomic E-state index is 12.1. The van der Waals surface area contributed by atoms with Gasteiger partial charge in [0, 0.05) is 32.6 Å². The molecule has 1 atom stereocenters. The molecule has 0 radical (unpaired) electrons. The van der Waals surface area contributed by atoms with E-state index in [4.69, 9.17) is 5.11 Å². The highest BCUT2D eigenvalue weighted by Gasteiger charge is 2.18. The van der Waals surface area contributed by atoms with Gasteiger partial charge in [-0.25, -0.2) is 0 Å². The maximum absolute atomic E-state index is 12.1. The Balaban J connectivity index is 2.66. The van der Waals surface area contributed by atoms with E-state index in [-0.39, 0.29) is 18.4 Å². The van der Waals surface area contributed by atoms with Gasteiger partial charge in [-0.3, -0.25) is 14.4 Å². The Hall–Kier alpha value is -2.37. The molecule has 0 bridgehead atoms. The van der Waals surface area contributed by atoms with Crippen LogP contribution in [-0.2, 0) is 16.1 Å². The molecule has 0 spiro atoms. The molecule has 1 aromatic rings. The molecule has 6 nitrogen and oxygen atoms in total. The van der Waals surface area contributed by atoms with Crippen LogP contribution in [0.25, 0.3) is 0 Å². The monoisotopic (exact) mass is 292 g/mol. The van der Waals surface area contributed by atoms with Gasteiger partial charge in [-0.05, 0) is 17.7 Å². The third kappa shape index (κ3) is 5.25. The van der Waals surface area contributed by atoms with Crippen LogP contribution in [0.5, 0.6) is 0 Å². The van der Waals surface area contributed by atoms with Crippen molar-refractivity contribution in [3.8, 4) is 0 Å². The van der Waals surface area contributed by atoms with Crippen LogP contribution >= 0.6 is 0 Å². The Morgan fingerprint density at radius 1 is 1.24 bits per heavy atom. The summed E-state index contributed by atoms with van der Waals surface area (Å²) in [4.78, 5) is 35.1. The summed E-state index contributed by atoms with van der Waals surface area (Å²) < 4.78 is 0. The van der Waals surface area contributed by atoms with Crippen molar-refractivity contribution in [3.63, 3.8) is 0 Å². The number of hydrogen-bond donors (Lipinski definition) is 2. The van der Waals surface area contributed by atoms with Gasteiger partial charge in [0.05, 0.1) is 5.92 Å². The number of carbonyl (C=O) groups is 3. The van der Waals surface area contributed by atoms with E-state index in [2.05, 4.69) is 5.32 Å². The zero-order chi connectivity index (χ0) is 16.0. The summed E-state index contributed by atoms with van der Waals surface area (Å²) in [5.41, 5.74) is 1.38. The van der Waals surface area contributed by atoms with Gasteiger partial charge in [0.1, 0.15) is 0 Å². The Morgan fingerprint density at radius 2 is 1.81 bits per heavy atom. The fraction of sp³-hybridized carbons (Fsp3) is 0.400. The van der Waals surface area contributed by atoms with Gasteiger partial charge in [0.25, 0.3) is 5.91 Å². The Kier molecular flexibility index (Phi) is 5.90. The normalized spacial score (nSPS) is 11.6. The minimum atomic E-state index is -0.930.